The van der Waals surface area contributed by atoms with Crippen molar-refractivity contribution >= 4 is 17.5 Å². The Morgan fingerprint density at radius 3 is 2.47 bits per heavy atom. The predicted octanol–water partition coefficient (Wildman–Crippen LogP) is 3.70. The van der Waals surface area contributed by atoms with Gasteiger partial charge in [-0.1, -0.05) is 39.0 Å². The van der Waals surface area contributed by atoms with Crippen molar-refractivity contribution in [2.45, 2.75) is 76.5 Å². The van der Waals surface area contributed by atoms with Crippen LogP contribution in [0.3, 0.4) is 0 Å². The molecule has 2 N–H and O–H groups in total. The zero-order valence-corrected chi connectivity index (χ0v) is 21.4. The highest BCUT2D eigenvalue weighted by Gasteiger charge is 2.42. The van der Waals surface area contributed by atoms with Gasteiger partial charge in [0.1, 0.15) is 12.1 Å². The molecule has 8 nitrogen and oxygen atoms in total. The van der Waals surface area contributed by atoms with Gasteiger partial charge in [-0.15, -0.1) is 0 Å². The second-order valence-electron chi connectivity index (χ2n) is 10.7. The van der Waals surface area contributed by atoms with Gasteiger partial charge in [-0.2, -0.15) is 5.26 Å². The van der Waals surface area contributed by atoms with Gasteiger partial charge in [-0.05, 0) is 61.3 Å². The molecule has 2 amide bonds. The molecular weight excluding hydrogens is 452 g/mol. The Morgan fingerprint density at radius 2 is 1.86 bits per heavy atom. The summed E-state index contributed by atoms with van der Waals surface area (Å²) >= 11 is 0. The summed E-state index contributed by atoms with van der Waals surface area (Å²) in [6, 6.07) is 9.86. The molecule has 2 aromatic rings. The van der Waals surface area contributed by atoms with Crippen LogP contribution in [0.2, 0.25) is 0 Å². The number of hydrogen-bond donors (Lipinski definition) is 1. The molecule has 190 valence electrons. The first kappa shape index (κ1) is 25.6. The summed E-state index contributed by atoms with van der Waals surface area (Å²) in [7, 11) is 0. The smallest absolute Gasteiger partial charge is 0.251 e. The van der Waals surface area contributed by atoms with Gasteiger partial charge >= 0.3 is 0 Å². The van der Waals surface area contributed by atoms with Gasteiger partial charge in [-0.3, -0.25) is 24.4 Å². The van der Waals surface area contributed by atoms with Gasteiger partial charge in [0.25, 0.3) is 11.8 Å². The number of nitrogens with zero attached hydrogens (tertiary/aromatic N) is 5. The lowest BCUT2D eigenvalue weighted by Crippen LogP contribution is -2.55. The Labute approximate surface area is 213 Å². The van der Waals surface area contributed by atoms with Crippen molar-refractivity contribution in [3.8, 4) is 6.19 Å². The van der Waals surface area contributed by atoms with E-state index in [1.54, 1.807) is 28.3 Å². The molecule has 2 fully saturated rings. The lowest BCUT2D eigenvalue weighted by Gasteiger charge is -2.40. The van der Waals surface area contributed by atoms with E-state index in [2.05, 4.69) is 31.9 Å². The highest BCUT2D eigenvalue weighted by atomic mass is 16.2. The summed E-state index contributed by atoms with van der Waals surface area (Å²) in [5.41, 5.74) is 8.68. The maximum absolute atomic E-state index is 14.2. The molecule has 0 aliphatic carbocycles. The molecule has 3 atom stereocenters. The minimum Gasteiger partial charge on any atom is -0.325 e. The maximum Gasteiger partial charge on any atom is 0.251 e. The lowest BCUT2D eigenvalue weighted by atomic mass is 9.87. The lowest BCUT2D eigenvalue weighted by molar-refractivity contribution is -0.138. The largest absolute Gasteiger partial charge is 0.325 e. The third-order valence-electron chi connectivity index (χ3n) is 7.24. The molecule has 1 aromatic heterocycles. The summed E-state index contributed by atoms with van der Waals surface area (Å²) in [5.74, 6) is -0.477. The van der Waals surface area contributed by atoms with E-state index >= 15 is 0 Å². The van der Waals surface area contributed by atoms with Crippen molar-refractivity contribution in [2.24, 2.45) is 5.73 Å². The van der Waals surface area contributed by atoms with Crippen molar-refractivity contribution in [3.63, 3.8) is 0 Å². The third-order valence-corrected chi connectivity index (χ3v) is 7.24. The van der Waals surface area contributed by atoms with Crippen LogP contribution in [0.25, 0.3) is 0 Å². The Kier molecular flexibility index (Phi) is 7.60. The second kappa shape index (κ2) is 10.7. The number of amides is 2. The van der Waals surface area contributed by atoms with Crippen LogP contribution in [0.15, 0.2) is 48.8 Å². The number of benzene rings is 1. The molecule has 4 rings (SSSR count). The zero-order chi connectivity index (χ0) is 25.9. The van der Waals surface area contributed by atoms with E-state index in [1.807, 2.05) is 30.3 Å². The number of anilines is 1. The van der Waals surface area contributed by atoms with Gasteiger partial charge in [-0.25, -0.2) is 0 Å². The van der Waals surface area contributed by atoms with Gasteiger partial charge < -0.3 is 10.6 Å². The zero-order valence-electron chi connectivity index (χ0n) is 21.4. The molecule has 2 aliphatic rings. The van der Waals surface area contributed by atoms with Gasteiger partial charge in [0.05, 0.1) is 6.17 Å². The quantitative estimate of drug-likeness (QED) is 0.643. The van der Waals surface area contributed by atoms with Crippen LogP contribution in [0.5, 0.6) is 0 Å². The molecule has 0 saturated carbocycles. The number of carbonyl (C=O) groups excluding carboxylic acids is 2. The Hall–Kier alpha value is -3.44. The summed E-state index contributed by atoms with van der Waals surface area (Å²) in [6.07, 6.45) is 8.95. The third kappa shape index (κ3) is 5.21. The Balaban J connectivity index is 1.83. The van der Waals surface area contributed by atoms with E-state index in [4.69, 9.17) is 5.73 Å². The normalized spacial score (nSPS) is 21.1. The van der Waals surface area contributed by atoms with E-state index in [0.29, 0.717) is 30.8 Å². The summed E-state index contributed by atoms with van der Waals surface area (Å²) in [5, 5.41) is 9.67. The molecule has 2 aliphatic heterocycles. The average Bonchev–Trinajstić information content (AvgIpc) is 3.36. The van der Waals surface area contributed by atoms with E-state index < -0.39 is 18.2 Å². The fraction of sp³-hybridized carbons (Fsp3) is 0.500. The van der Waals surface area contributed by atoms with E-state index in [0.717, 1.165) is 31.2 Å². The van der Waals surface area contributed by atoms with Crippen molar-refractivity contribution in [3.05, 3.63) is 59.9 Å². The fourth-order valence-electron chi connectivity index (χ4n) is 5.16. The second-order valence-corrected chi connectivity index (χ2v) is 10.7. The molecule has 1 aromatic carbocycles. The topological polar surface area (TPSA) is 107 Å². The maximum atomic E-state index is 14.2. The number of nitriles is 1. The van der Waals surface area contributed by atoms with Gasteiger partial charge in [0.2, 0.25) is 0 Å². The highest BCUT2D eigenvalue weighted by molar-refractivity contribution is 6.04. The van der Waals surface area contributed by atoms with Gasteiger partial charge in [0.15, 0.2) is 6.19 Å². The molecular formula is C28H36N6O2. The predicted molar refractivity (Wildman–Crippen MR) is 138 cm³/mol. The van der Waals surface area contributed by atoms with Crippen LogP contribution in [-0.2, 0) is 15.0 Å². The summed E-state index contributed by atoms with van der Waals surface area (Å²) in [6.45, 7) is 7.48. The summed E-state index contributed by atoms with van der Waals surface area (Å²) in [4.78, 5) is 37.4. The fourth-order valence-corrected chi connectivity index (χ4v) is 5.16. The standard InChI is InChI=1S/C28H36N6O2/c1-28(2,3)21-11-13-22(14-12-21)34(26(35)23-9-7-16-32(23)19-29)25(20-8-6-15-31-18-20)27(36)33-17-5-4-10-24(33)30/h6,8,11-15,18,23-25H,4-5,7,9-10,16-17,30H2,1-3H3/t23-,24+,25?/m1/s1. The molecule has 36 heavy (non-hydrogen) atoms. The molecule has 1 unspecified atom stereocenters. The Bertz CT molecular complexity index is 1110. The van der Waals surface area contributed by atoms with E-state index in [-0.39, 0.29) is 17.2 Å². The number of nitrogens with two attached hydrogens (primary N) is 1. The number of likely N-dealkylation sites (tertiary alicyclic amines) is 2. The van der Waals surface area contributed by atoms with Crippen LogP contribution in [0.4, 0.5) is 5.69 Å². The summed E-state index contributed by atoms with van der Waals surface area (Å²) < 4.78 is 0. The van der Waals surface area contributed by atoms with Crippen molar-refractivity contribution < 1.29 is 9.59 Å². The van der Waals surface area contributed by atoms with Crippen LogP contribution < -0.4 is 10.6 Å². The SMILES string of the molecule is CC(C)(C)c1ccc(N(C(=O)[C@H]2CCCN2C#N)C(C(=O)N2CCCC[C@H]2N)c2cccnc2)cc1. The Morgan fingerprint density at radius 1 is 1.11 bits per heavy atom. The number of piperidine rings is 1. The molecule has 0 radical (unpaired) electrons. The van der Waals surface area contributed by atoms with Crippen LogP contribution in [0, 0.1) is 11.5 Å². The first-order valence-corrected chi connectivity index (χ1v) is 12.8. The van der Waals surface area contributed by atoms with Crippen LogP contribution in [0.1, 0.15) is 70.0 Å². The van der Waals surface area contributed by atoms with Crippen molar-refractivity contribution in [2.75, 3.05) is 18.0 Å². The van der Waals surface area contributed by atoms with Crippen LogP contribution in [-0.4, -0.2) is 51.9 Å². The molecule has 2 saturated heterocycles. The van der Waals surface area contributed by atoms with Gasteiger partial charge in [0, 0.05) is 36.7 Å². The van der Waals surface area contributed by atoms with Crippen molar-refractivity contribution in [1.82, 2.24) is 14.8 Å². The molecule has 0 bridgehead atoms. The first-order chi connectivity index (χ1) is 17.2. The monoisotopic (exact) mass is 488 g/mol. The number of rotatable bonds is 5. The minimum absolute atomic E-state index is 0.0599. The number of pyridine rings is 1. The minimum atomic E-state index is -0.933. The number of aromatic nitrogens is 1. The van der Waals surface area contributed by atoms with E-state index in [1.165, 1.54) is 4.90 Å². The highest BCUT2D eigenvalue weighted by Crippen LogP contribution is 2.34. The van der Waals surface area contributed by atoms with Crippen molar-refractivity contribution in [1.29, 1.82) is 5.26 Å². The molecule has 8 heteroatoms. The van der Waals surface area contributed by atoms with Crippen LogP contribution >= 0.6 is 0 Å². The number of hydrogen-bond acceptors (Lipinski definition) is 6. The molecule has 0 spiro atoms. The molecule has 3 heterocycles. The number of carbonyl (C=O) groups is 2. The van der Waals surface area contributed by atoms with E-state index in [9.17, 15) is 14.9 Å². The first-order valence-electron chi connectivity index (χ1n) is 12.8. The average molecular weight is 489 g/mol.